The summed E-state index contributed by atoms with van der Waals surface area (Å²) in [6, 6.07) is 16.7. The number of nitrogens with one attached hydrogen (secondary N) is 2. The highest BCUT2D eigenvalue weighted by Crippen LogP contribution is 2.25. The number of carbonyl (C=O) groups excluding carboxylic acids is 3. The van der Waals surface area contributed by atoms with Crippen molar-refractivity contribution < 1.29 is 14.4 Å². The summed E-state index contributed by atoms with van der Waals surface area (Å²) in [7, 11) is 1.50. The lowest BCUT2D eigenvalue weighted by atomic mass is 10.1. The fraction of sp³-hybridized carbons (Fsp3) is 0.240. The van der Waals surface area contributed by atoms with Crippen molar-refractivity contribution in [3.05, 3.63) is 76.7 Å². The van der Waals surface area contributed by atoms with Crippen molar-refractivity contribution in [2.24, 2.45) is 5.92 Å². The second-order valence-corrected chi connectivity index (χ2v) is 8.25. The molecule has 2 aromatic carbocycles. The van der Waals surface area contributed by atoms with Crippen molar-refractivity contribution in [3.63, 3.8) is 0 Å². The largest absolute Gasteiger partial charge is 0.332 e. The number of aromatic amines is 1. The molecule has 2 heterocycles. The van der Waals surface area contributed by atoms with Gasteiger partial charge in [0.05, 0.1) is 18.5 Å². The fourth-order valence-corrected chi connectivity index (χ4v) is 4.10. The van der Waals surface area contributed by atoms with Crippen LogP contribution in [0.2, 0.25) is 0 Å². The molecule has 2 N–H and O–H groups in total. The normalized spacial score (nSPS) is 17.2. The van der Waals surface area contributed by atoms with Crippen LogP contribution in [0.4, 0.5) is 5.69 Å². The molecule has 2 atom stereocenters. The molecule has 34 heavy (non-hydrogen) atoms. The average molecular weight is 457 g/mol. The van der Waals surface area contributed by atoms with Crippen LogP contribution in [0.15, 0.2) is 65.6 Å². The Morgan fingerprint density at radius 2 is 1.94 bits per heavy atom. The molecular formula is C25H23N5O4. The molecule has 9 heteroatoms. The van der Waals surface area contributed by atoms with Gasteiger partial charge in [-0.3, -0.25) is 19.2 Å². The van der Waals surface area contributed by atoms with Crippen LogP contribution in [-0.4, -0.2) is 58.7 Å². The molecule has 1 aliphatic heterocycles. The molecule has 1 saturated heterocycles. The molecule has 1 aromatic heterocycles. The predicted molar refractivity (Wildman–Crippen MR) is 126 cm³/mol. The molecule has 0 spiro atoms. The van der Waals surface area contributed by atoms with Gasteiger partial charge >= 0.3 is 0 Å². The van der Waals surface area contributed by atoms with Crippen LogP contribution in [0.3, 0.4) is 0 Å². The zero-order chi connectivity index (χ0) is 24.2. The predicted octanol–water partition coefficient (Wildman–Crippen LogP) is 1.98. The van der Waals surface area contributed by atoms with E-state index in [-0.39, 0.29) is 36.9 Å². The topological polar surface area (TPSA) is 126 Å². The average Bonchev–Trinajstić information content (AvgIpc) is 3.29. The zero-order valence-electron chi connectivity index (χ0n) is 18.5. The number of hydrogen-bond donors (Lipinski definition) is 2. The highest BCUT2D eigenvalue weighted by Gasteiger charge is 2.39. The van der Waals surface area contributed by atoms with Gasteiger partial charge in [0.1, 0.15) is 6.04 Å². The summed E-state index contributed by atoms with van der Waals surface area (Å²) < 4.78 is 0. The fourth-order valence-electron chi connectivity index (χ4n) is 4.10. The minimum absolute atomic E-state index is 0.108. The van der Waals surface area contributed by atoms with Crippen LogP contribution in [0, 0.1) is 17.2 Å². The van der Waals surface area contributed by atoms with E-state index in [2.05, 4.69) is 16.4 Å². The number of likely N-dealkylation sites (N-methyl/N-ethyl adjacent to an activating group) is 1. The minimum Gasteiger partial charge on any atom is -0.332 e. The first-order chi connectivity index (χ1) is 16.4. The van der Waals surface area contributed by atoms with Gasteiger partial charge in [0.25, 0.3) is 11.5 Å². The molecule has 4 rings (SSSR count). The van der Waals surface area contributed by atoms with Gasteiger partial charge in [-0.1, -0.05) is 18.2 Å². The summed E-state index contributed by atoms with van der Waals surface area (Å²) in [5.41, 5.74) is 0.739. The van der Waals surface area contributed by atoms with Gasteiger partial charge < -0.3 is 20.1 Å². The third-order valence-electron chi connectivity index (χ3n) is 5.92. The number of amides is 3. The lowest BCUT2D eigenvalue weighted by Crippen LogP contribution is -2.43. The van der Waals surface area contributed by atoms with Gasteiger partial charge in [-0.15, -0.1) is 0 Å². The molecule has 2 unspecified atom stereocenters. The number of nitrogens with zero attached hydrogens (tertiary/aromatic N) is 3. The maximum absolute atomic E-state index is 12.9. The third-order valence-corrected chi connectivity index (χ3v) is 5.92. The molecule has 172 valence electrons. The highest BCUT2D eigenvalue weighted by molar-refractivity contribution is 6.00. The quantitative estimate of drug-likeness (QED) is 0.606. The lowest BCUT2D eigenvalue weighted by Gasteiger charge is -2.24. The SMILES string of the molecule is CN(CC(=O)N1CC(C(=O)Nc2ccccc2)CC1C#N)C(=O)c1ccc2c(=O)[nH]ccc2c1. The van der Waals surface area contributed by atoms with Gasteiger partial charge in [-0.2, -0.15) is 5.26 Å². The minimum atomic E-state index is -0.741. The molecule has 1 aliphatic rings. The van der Waals surface area contributed by atoms with Gasteiger partial charge in [0, 0.05) is 36.4 Å². The smallest absolute Gasteiger partial charge is 0.255 e. The van der Waals surface area contributed by atoms with Gasteiger partial charge in [-0.25, -0.2) is 0 Å². The second kappa shape index (κ2) is 9.58. The number of likely N-dealkylation sites (tertiary alicyclic amines) is 1. The summed E-state index contributed by atoms with van der Waals surface area (Å²) >= 11 is 0. The van der Waals surface area contributed by atoms with E-state index in [1.165, 1.54) is 23.0 Å². The Balaban J connectivity index is 1.42. The Morgan fingerprint density at radius 3 is 2.68 bits per heavy atom. The number of aromatic nitrogens is 1. The molecule has 1 fully saturated rings. The summed E-state index contributed by atoms with van der Waals surface area (Å²) in [4.78, 5) is 55.6. The highest BCUT2D eigenvalue weighted by atomic mass is 16.2. The van der Waals surface area contributed by atoms with E-state index in [0.717, 1.165) is 0 Å². The number of pyridine rings is 1. The van der Waals surface area contributed by atoms with Gasteiger partial charge in [0.2, 0.25) is 11.8 Å². The first kappa shape index (κ1) is 22.7. The van der Waals surface area contributed by atoms with E-state index in [4.69, 9.17) is 0 Å². The van der Waals surface area contributed by atoms with Crippen LogP contribution < -0.4 is 10.9 Å². The van der Waals surface area contributed by atoms with Crippen molar-refractivity contribution in [1.29, 1.82) is 5.26 Å². The number of hydrogen-bond acceptors (Lipinski definition) is 5. The zero-order valence-corrected chi connectivity index (χ0v) is 18.5. The summed E-state index contributed by atoms with van der Waals surface area (Å²) in [6.45, 7) is -0.131. The standard InChI is InChI=1S/C25H23N5O4/c1-29(25(34)17-7-8-21-16(11-17)9-10-27-24(21)33)15-22(31)30-14-18(12-20(30)13-26)23(32)28-19-5-3-2-4-6-19/h2-11,18,20H,12,14-15H2,1H3,(H,27,33)(H,28,32). The Labute approximate surface area is 195 Å². The molecule has 3 aromatic rings. The monoisotopic (exact) mass is 457 g/mol. The number of para-hydroxylation sites is 1. The van der Waals surface area contributed by atoms with Gasteiger partial charge in [0.15, 0.2) is 0 Å². The maximum atomic E-state index is 12.9. The van der Waals surface area contributed by atoms with Crippen molar-refractivity contribution in [2.45, 2.75) is 12.5 Å². The van der Waals surface area contributed by atoms with E-state index in [0.29, 0.717) is 22.0 Å². The molecule has 3 amide bonds. The van der Waals surface area contributed by atoms with E-state index in [1.807, 2.05) is 6.07 Å². The third kappa shape index (κ3) is 4.66. The van der Waals surface area contributed by atoms with Crippen molar-refractivity contribution in [1.82, 2.24) is 14.8 Å². The molecule has 0 radical (unpaired) electrons. The Bertz CT molecular complexity index is 1340. The van der Waals surface area contributed by atoms with Crippen LogP contribution >= 0.6 is 0 Å². The number of fused-ring (bicyclic) bond motifs is 1. The number of H-pyrrole nitrogens is 1. The Hall–Kier alpha value is -4.45. The molecule has 0 saturated carbocycles. The van der Waals surface area contributed by atoms with Crippen molar-refractivity contribution >= 4 is 34.2 Å². The summed E-state index contributed by atoms with van der Waals surface area (Å²) in [5, 5.41) is 13.4. The number of carbonyl (C=O) groups is 3. The Morgan fingerprint density at radius 1 is 1.18 bits per heavy atom. The van der Waals surface area contributed by atoms with Crippen LogP contribution in [0.25, 0.3) is 10.8 Å². The summed E-state index contributed by atoms with van der Waals surface area (Å²) in [5.74, 6) is -1.57. The van der Waals surface area contributed by atoms with E-state index in [9.17, 15) is 24.4 Å². The Kier molecular flexibility index (Phi) is 6.41. The van der Waals surface area contributed by atoms with Crippen molar-refractivity contribution in [3.8, 4) is 6.07 Å². The van der Waals surface area contributed by atoms with Crippen LogP contribution in [0.5, 0.6) is 0 Å². The number of benzene rings is 2. The second-order valence-electron chi connectivity index (χ2n) is 8.25. The van der Waals surface area contributed by atoms with Gasteiger partial charge in [-0.05, 0) is 48.2 Å². The van der Waals surface area contributed by atoms with E-state index >= 15 is 0 Å². The van der Waals surface area contributed by atoms with Crippen LogP contribution in [0.1, 0.15) is 16.8 Å². The first-order valence-corrected chi connectivity index (χ1v) is 10.8. The molecule has 0 bridgehead atoms. The molecule has 0 aliphatic carbocycles. The maximum Gasteiger partial charge on any atom is 0.255 e. The lowest BCUT2D eigenvalue weighted by molar-refractivity contribution is -0.131. The van der Waals surface area contributed by atoms with Crippen LogP contribution in [-0.2, 0) is 9.59 Å². The van der Waals surface area contributed by atoms with E-state index < -0.39 is 17.9 Å². The van der Waals surface area contributed by atoms with Crippen molar-refractivity contribution in [2.75, 3.05) is 25.5 Å². The molecule has 9 nitrogen and oxygen atoms in total. The summed E-state index contributed by atoms with van der Waals surface area (Å²) in [6.07, 6.45) is 1.74. The van der Waals surface area contributed by atoms with E-state index in [1.54, 1.807) is 48.5 Å². The number of anilines is 1. The molecular weight excluding hydrogens is 434 g/mol. The number of rotatable bonds is 5. The number of nitriles is 1. The first-order valence-electron chi connectivity index (χ1n) is 10.8.